The van der Waals surface area contributed by atoms with Crippen molar-refractivity contribution in [3.05, 3.63) is 84.7 Å². The van der Waals surface area contributed by atoms with E-state index in [1.54, 1.807) is 18.5 Å². The zero-order chi connectivity index (χ0) is 14.5. The third-order valence-electron chi connectivity index (χ3n) is 3.18. The van der Waals surface area contributed by atoms with E-state index in [9.17, 15) is 4.79 Å². The van der Waals surface area contributed by atoms with E-state index in [2.05, 4.69) is 10.3 Å². The Morgan fingerprint density at radius 1 is 0.857 bits per heavy atom. The van der Waals surface area contributed by atoms with Crippen LogP contribution in [0.3, 0.4) is 0 Å². The lowest BCUT2D eigenvalue weighted by Gasteiger charge is -2.10. The predicted molar refractivity (Wildman–Crippen MR) is 84.1 cm³/mol. The number of nitrogens with zero attached hydrogens (tertiary/aromatic N) is 1. The molecule has 0 unspecified atom stereocenters. The topological polar surface area (TPSA) is 42.0 Å². The number of benzene rings is 2. The molecule has 0 fully saturated rings. The van der Waals surface area contributed by atoms with Crippen molar-refractivity contribution in [2.45, 2.75) is 0 Å². The number of hydrogen-bond acceptors (Lipinski definition) is 2. The quantitative estimate of drug-likeness (QED) is 0.784. The second kappa shape index (κ2) is 6.01. The van der Waals surface area contributed by atoms with Crippen LogP contribution in [-0.4, -0.2) is 10.9 Å². The molecule has 21 heavy (non-hydrogen) atoms. The SMILES string of the molecule is O=C(Nc1cccnc1)c1ccccc1-c1ccccc1. The van der Waals surface area contributed by atoms with Gasteiger partial charge in [0.15, 0.2) is 0 Å². The molecule has 0 aliphatic heterocycles. The second-order valence-corrected chi connectivity index (χ2v) is 4.61. The molecule has 0 spiro atoms. The lowest BCUT2D eigenvalue weighted by Crippen LogP contribution is -2.13. The first kappa shape index (κ1) is 13.1. The number of rotatable bonds is 3. The van der Waals surface area contributed by atoms with E-state index in [0.717, 1.165) is 11.1 Å². The molecule has 0 radical (unpaired) electrons. The normalized spacial score (nSPS) is 10.1. The minimum absolute atomic E-state index is 0.137. The summed E-state index contributed by atoms with van der Waals surface area (Å²) >= 11 is 0. The lowest BCUT2D eigenvalue weighted by atomic mass is 9.99. The van der Waals surface area contributed by atoms with Crippen LogP contribution in [0.2, 0.25) is 0 Å². The van der Waals surface area contributed by atoms with Crippen molar-refractivity contribution >= 4 is 11.6 Å². The van der Waals surface area contributed by atoms with E-state index in [1.165, 1.54) is 0 Å². The molecule has 3 rings (SSSR count). The number of carbonyl (C=O) groups is 1. The van der Waals surface area contributed by atoms with Crippen LogP contribution >= 0.6 is 0 Å². The zero-order valence-corrected chi connectivity index (χ0v) is 11.4. The van der Waals surface area contributed by atoms with Gasteiger partial charge in [0.25, 0.3) is 5.91 Å². The van der Waals surface area contributed by atoms with Gasteiger partial charge in [0.2, 0.25) is 0 Å². The van der Waals surface area contributed by atoms with Gasteiger partial charge in [-0.25, -0.2) is 0 Å². The number of hydrogen-bond donors (Lipinski definition) is 1. The fraction of sp³-hybridized carbons (Fsp3) is 0. The van der Waals surface area contributed by atoms with Gasteiger partial charge in [0.1, 0.15) is 0 Å². The molecular formula is C18H14N2O. The molecular weight excluding hydrogens is 260 g/mol. The average molecular weight is 274 g/mol. The Morgan fingerprint density at radius 3 is 2.38 bits per heavy atom. The molecule has 0 bridgehead atoms. The van der Waals surface area contributed by atoms with Crippen LogP contribution in [0.5, 0.6) is 0 Å². The average Bonchev–Trinajstić information content (AvgIpc) is 2.56. The number of anilines is 1. The van der Waals surface area contributed by atoms with E-state index in [-0.39, 0.29) is 5.91 Å². The van der Waals surface area contributed by atoms with Crippen LogP contribution in [0.15, 0.2) is 79.1 Å². The number of amides is 1. The highest BCUT2D eigenvalue weighted by Crippen LogP contribution is 2.24. The lowest BCUT2D eigenvalue weighted by molar-refractivity contribution is 0.102. The first-order valence-electron chi connectivity index (χ1n) is 6.70. The van der Waals surface area contributed by atoms with E-state index >= 15 is 0 Å². The number of carbonyl (C=O) groups excluding carboxylic acids is 1. The number of nitrogens with one attached hydrogen (secondary N) is 1. The van der Waals surface area contributed by atoms with Crippen molar-refractivity contribution < 1.29 is 4.79 Å². The van der Waals surface area contributed by atoms with Gasteiger partial charge in [-0.3, -0.25) is 9.78 Å². The molecule has 0 aliphatic carbocycles. The molecule has 1 heterocycles. The highest BCUT2D eigenvalue weighted by Gasteiger charge is 2.12. The van der Waals surface area contributed by atoms with Gasteiger partial charge in [-0.15, -0.1) is 0 Å². The molecule has 1 N–H and O–H groups in total. The van der Waals surface area contributed by atoms with Crippen LogP contribution in [0.1, 0.15) is 10.4 Å². The third-order valence-corrected chi connectivity index (χ3v) is 3.18. The summed E-state index contributed by atoms with van der Waals surface area (Å²) in [6, 6.07) is 21.1. The Kier molecular flexibility index (Phi) is 3.74. The Balaban J connectivity index is 1.94. The van der Waals surface area contributed by atoms with Gasteiger partial charge in [0.05, 0.1) is 11.9 Å². The van der Waals surface area contributed by atoms with Gasteiger partial charge in [-0.05, 0) is 29.3 Å². The number of aromatic nitrogens is 1. The summed E-state index contributed by atoms with van der Waals surface area (Å²) in [6.45, 7) is 0. The summed E-state index contributed by atoms with van der Waals surface area (Å²) in [5.41, 5.74) is 3.27. The molecule has 0 aliphatic rings. The van der Waals surface area contributed by atoms with E-state index < -0.39 is 0 Å². The second-order valence-electron chi connectivity index (χ2n) is 4.61. The molecule has 102 valence electrons. The maximum Gasteiger partial charge on any atom is 0.256 e. The standard InChI is InChI=1S/C18H14N2O/c21-18(20-15-9-6-12-19-13-15)17-11-5-4-10-16(17)14-7-2-1-3-8-14/h1-13H,(H,20,21). The highest BCUT2D eigenvalue weighted by molar-refractivity contribution is 6.08. The largest absolute Gasteiger partial charge is 0.321 e. The summed E-state index contributed by atoms with van der Waals surface area (Å²) < 4.78 is 0. The van der Waals surface area contributed by atoms with Gasteiger partial charge in [-0.2, -0.15) is 0 Å². The first-order valence-corrected chi connectivity index (χ1v) is 6.70. The van der Waals surface area contributed by atoms with Crippen LogP contribution in [-0.2, 0) is 0 Å². The first-order chi connectivity index (χ1) is 10.3. The van der Waals surface area contributed by atoms with Crippen molar-refractivity contribution in [3.63, 3.8) is 0 Å². The molecule has 1 amide bonds. The van der Waals surface area contributed by atoms with E-state index in [1.807, 2.05) is 60.7 Å². The highest BCUT2D eigenvalue weighted by atomic mass is 16.1. The third kappa shape index (κ3) is 2.98. The van der Waals surface area contributed by atoms with E-state index in [4.69, 9.17) is 0 Å². The summed E-state index contributed by atoms with van der Waals surface area (Å²) in [5.74, 6) is -0.137. The molecule has 0 saturated carbocycles. The molecule has 1 aromatic heterocycles. The van der Waals surface area contributed by atoms with Crippen molar-refractivity contribution in [2.24, 2.45) is 0 Å². The zero-order valence-electron chi connectivity index (χ0n) is 11.4. The van der Waals surface area contributed by atoms with Crippen LogP contribution in [0, 0.1) is 0 Å². The fourth-order valence-electron chi connectivity index (χ4n) is 2.19. The summed E-state index contributed by atoms with van der Waals surface area (Å²) in [5, 5.41) is 2.87. The monoisotopic (exact) mass is 274 g/mol. The molecule has 0 saturated heterocycles. The molecule has 3 nitrogen and oxygen atoms in total. The van der Waals surface area contributed by atoms with Gasteiger partial charge in [0, 0.05) is 11.8 Å². The summed E-state index contributed by atoms with van der Waals surface area (Å²) in [7, 11) is 0. The maximum atomic E-state index is 12.5. The van der Waals surface area contributed by atoms with Crippen LogP contribution in [0.25, 0.3) is 11.1 Å². The van der Waals surface area contributed by atoms with E-state index in [0.29, 0.717) is 11.3 Å². The van der Waals surface area contributed by atoms with Crippen LogP contribution in [0.4, 0.5) is 5.69 Å². The summed E-state index contributed by atoms with van der Waals surface area (Å²) in [4.78, 5) is 16.5. The molecule has 2 aromatic carbocycles. The Morgan fingerprint density at radius 2 is 1.62 bits per heavy atom. The van der Waals surface area contributed by atoms with Crippen molar-refractivity contribution in [3.8, 4) is 11.1 Å². The van der Waals surface area contributed by atoms with Gasteiger partial charge in [-0.1, -0.05) is 48.5 Å². The number of pyridine rings is 1. The Hall–Kier alpha value is -2.94. The van der Waals surface area contributed by atoms with Crippen molar-refractivity contribution in [1.29, 1.82) is 0 Å². The Bertz CT molecular complexity index is 739. The summed E-state index contributed by atoms with van der Waals surface area (Å²) in [6.07, 6.45) is 3.30. The molecule has 0 atom stereocenters. The minimum Gasteiger partial charge on any atom is -0.321 e. The van der Waals surface area contributed by atoms with Crippen molar-refractivity contribution in [1.82, 2.24) is 4.98 Å². The Labute approximate surface area is 123 Å². The smallest absolute Gasteiger partial charge is 0.256 e. The minimum atomic E-state index is -0.137. The van der Waals surface area contributed by atoms with Gasteiger partial charge >= 0.3 is 0 Å². The fourth-order valence-corrected chi connectivity index (χ4v) is 2.19. The molecule has 3 heteroatoms. The van der Waals surface area contributed by atoms with Crippen molar-refractivity contribution in [2.75, 3.05) is 5.32 Å². The van der Waals surface area contributed by atoms with Gasteiger partial charge < -0.3 is 5.32 Å². The van der Waals surface area contributed by atoms with Crippen LogP contribution < -0.4 is 5.32 Å². The molecule has 3 aromatic rings. The maximum absolute atomic E-state index is 12.5. The predicted octanol–water partition coefficient (Wildman–Crippen LogP) is 4.00.